The minimum Gasteiger partial charge on any atom is -0.466 e. The Kier molecular flexibility index (Phi) is 24.2. The first kappa shape index (κ1) is 31.2. The zero-order valence-electron chi connectivity index (χ0n) is 22.3. The fourth-order valence-corrected chi connectivity index (χ4v) is 4.35. The fourth-order valence-electron chi connectivity index (χ4n) is 4.35. The molecule has 32 heavy (non-hydrogen) atoms. The van der Waals surface area contributed by atoms with Crippen molar-refractivity contribution in [3.63, 3.8) is 0 Å². The molecule has 3 nitrogen and oxygen atoms in total. The van der Waals surface area contributed by atoms with Crippen LogP contribution in [0.15, 0.2) is 12.2 Å². The van der Waals surface area contributed by atoms with E-state index in [1.54, 1.807) is 0 Å². The first-order chi connectivity index (χ1) is 15.6. The van der Waals surface area contributed by atoms with Crippen LogP contribution in [0.1, 0.15) is 142 Å². The molecular weight excluding hydrogens is 394 g/mol. The second kappa shape index (κ2) is 24.8. The van der Waals surface area contributed by atoms with Crippen LogP contribution in [-0.4, -0.2) is 37.6 Å². The van der Waals surface area contributed by atoms with Crippen molar-refractivity contribution in [2.45, 2.75) is 148 Å². The van der Waals surface area contributed by atoms with Crippen LogP contribution >= 0.6 is 0 Å². The molecule has 0 aromatic carbocycles. The summed E-state index contributed by atoms with van der Waals surface area (Å²) in [5, 5.41) is 0. The number of hydrogen-bond donors (Lipinski definition) is 0. The van der Waals surface area contributed by atoms with Crippen molar-refractivity contribution >= 4 is 5.97 Å². The van der Waals surface area contributed by atoms with Gasteiger partial charge in [-0.15, -0.1) is 0 Å². The minimum absolute atomic E-state index is 0.0475. The largest absolute Gasteiger partial charge is 0.466 e. The van der Waals surface area contributed by atoms with E-state index in [2.05, 4.69) is 38.1 Å². The van der Waals surface area contributed by atoms with Crippen LogP contribution in [0.5, 0.6) is 0 Å². The number of hydrogen-bond acceptors (Lipinski definition) is 3. The molecule has 0 heterocycles. The summed E-state index contributed by atoms with van der Waals surface area (Å²) in [4.78, 5) is 13.7. The molecule has 0 spiro atoms. The van der Waals surface area contributed by atoms with E-state index < -0.39 is 0 Å². The summed E-state index contributed by atoms with van der Waals surface area (Å²) in [7, 11) is 4.53. The number of carbonyl (C=O) groups excluding carboxylic acids is 1. The van der Waals surface area contributed by atoms with Gasteiger partial charge in [0.2, 0.25) is 0 Å². The van der Waals surface area contributed by atoms with Gasteiger partial charge in [0.1, 0.15) is 0 Å². The lowest BCUT2D eigenvalue weighted by Crippen LogP contribution is -2.27. The molecule has 3 heteroatoms. The van der Waals surface area contributed by atoms with E-state index in [0.717, 1.165) is 25.3 Å². The second-order valence-corrected chi connectivity index (χ2v) is 9.75. The van der Waals surface area contributed by atoms with Gasteiger partial charge in [-0.1, -0.05) is 96.1 Å². The van der Waals surface area contributed by atoms with Gasteiger partial charge in [0, 0.05) is 12.5 Å². The van der Waals surface area contributed by atoms with Gasteiger partial charge < -0.3 is 9.64 Å². The number of rotatable bonds is 24. The lowest BCUT2D eigenvalue weighted by atomic mass is 9.99. The molecule has 0 aromatic heterocycles. The van der Waals surface area contributed by atoms with Crippen LogP contribution < -0.4 is 0 Å². The van der Waals surface area contributed by atoms with E-state index in [-0.39, 0.29) is 5.97 Å². The van der Waals surface area contributed by atoms with Crippen molar-refractivity contribution in [3.8, 4) is 0 Å². The van der Waals surface area contributed by atoms with Crippen LogP contribution in [-0.2, 0) is 9.53 Å². The number of unbranched alkanes of at least 4 members (excludes halogenated alkanes) is 14. The Morgan fingerprint density at radius 3 is 1.66 bits per heavy atom. The first-order valence-corrected chi connectivity index (χ1v) is 14.1. The van der Waals surface area contributed by atoms with Gasteiger partial charge in [0.25, 0.3) is 0 Å². The lowest BCUT2D eigenvalue weighted by molar-refractivity contribution is -0.143. The quantitative estimate of drug-likeness (QED) is 0.0833. The average molecular weight is 452 g/mol. The van der Waals surface area contributed by atoms with Crippen LogP contribution in [0.25, 0.3) is 0 Å². The number of carbonyl (C=O) groups is 1. The highest BCUT2D eigenvalue weighted by atomic mass is 16.5. The maximum absolute atomic E-state index is 11.3. The summed E-state index contributed by atoms with van der Waals surface area (Å²) in [5.41, 5.74) is 0. The Bertz CT molecular complexity index is 419. The number of esters is 1. The lowest BCUT2D eigenvalue weighted by Gasteiger charge is -2.24. The highest BCUT2D eigenvalue weighted by Crippen LogP contribution is 2.17. The van der Waals surface area contributed by atoms with Gasteiger partial charge in [-0.3, -0.25) is 4.79 Å². The molecule has 0 fully saturated rings. The van der Waals surface area contributed by atoms with Gasteiger partial charge in [-0.25, -0.2) is 0 Å². The Labute approximate surface area is 201 Å². The molecule has 0 aliphatic carbocycles. The SMILES string of the molecule is CCCCCCCCC(CCCCCCCC/C=C/CCCCCC(=O)OCC)N(C)C. The number of nitrogens with zero attached hydrogens (tertiary/aromatic N) is 1. The molecule has 0 saturated heterocycles. The molecule has 0 saturated carbocycles. The standard InChI is InChI=1S/C29H57NO2/c1-5-7-8-9-19-22-25-28(30(3)4)26-23-20-17-15-13-11-10-12-14-16-18-21-24-27-29(31)32-6-2/h12,14,28H,5-11,13,15-27H2,1-4H3/b14-12+. The van der Waals surface area contributed by atoms with Crippen LogP contribution in [0, 0.1) is 0 Å². The third kappa shape index (κ3) is 22.4. The zero-order chi connectivity index (χ0) is 23.7. The molecule has 0 aliphatic rings. The molecule has 0 radical (unpaired) electrons. The highest BCUT2D eigenvalue weighted by Gasteiger charge is 2.10. The van der Waals surface area contributed by atoms with Crippen molar-refractivity contribution in [2.24, 2.45) is 0 Å². The normalized spacial score (nSPS) is 12.7. The van der Waals surface area contributed by atoms with Crippen molar-refractivity contribution in [3.05, 3.63) is 12.2 Å². The number of ether oxygens (including phenoxy) is 1. The topological polar surface area (TPSA) is 29.5 Å². The molecule has 1 unspecified atom stereocenters. The minimum atomic E-state index is -0.0475. The zero-order valence-corrected chi connectivity index (χ0v) is 22.3. The summed E-state index contributed by atoms with van der Waals surface area (Å²) in [6.45, 7) is 4.65. The van der Waals surface area contributed by atoms with E-state index in [9.17, 15) is 4.79 Å². The summed E-state index contributed by atoms with van der Waals surface area (Å²) in [5.74, 6) is -0.0475. The summed E-state index contributed by atoms with van der Waals surface area (Å²) < 4.78 is 4.95. The van der Waals surface area contributed by atoms with E-state index in [1.807, 2.05) is 6.92 Å². The van der Waals surface area contributed by atoms with E-state index in [0.29, 0.717) is 13.0 Å². The molecule has 0 aliphatic heterocycles. The third-order valence-electron chi connectivity index (χ3n) is 6.50. The molecule has 0 aromatic rings. The van der Waals surface area contributed by atoms with Gasteiger partial charge >= 0.3 is 5.97 Å². The van der Waals surface area contributed by atoms with Crippen molar-refractivity contribution in [2.75, 3.05) is 20.7 Å². The Morgan fingerprint density at radius 2 is 1.16 bits per heavy atom. The first-order valence-electron chi connectivity index (χ1n) is 14.1. The van der Waals surface area contributed by atoms with Crippen LogP contribution in [0.4, 0.5) is 0 Å². The van der Waals surface area contributed by atoms with Gasteiger partial charge in [0.05, 0.1) is 6.61 Å². The van der Waals surface area contributed by atoms with Crippen molar-refractivity contribution in [1.82, 2.24) is 4.90 Å². The molecule has 0 rings (SSSR count). The monoisotopic (exact) mass is 451 g/mol. The van der Waals surface area contributed by atoms with Crippen molar-refractivity contribution in [1.29, 1.82) is 0 Å². The van der Waals surface area contributed by atoms with Crippen molar-refractivity contribution < 1.29 is 9.53 Å². The molecule has 0 N–H and O–H groups in total. The number of allylic oxidation sites excluding steroid dienone is 2. The van der Waals surface area contributed by atoms with Gasteiger partial charge in [-0.2, -0.15) is 0 Å². The second-order valence-electron chi connectivity index (χ2n) is 9.75. The Balaban J connectivity index is 3.45. The van der Waals surface area contributed by atoms with Crippen LogP contribution in [0.2, 0.25) is 0 Å². The molecule has 190 valence electrons. The van der Waals surface area contributed by atoms with Gasteiger partial charge in [-0.05, 0) is 66.0 Å². The maximum Gasteiger partial charge on any atom is 0.305 e. The summed E-state index contributed by atoms with van der Waals surface area (Å²) >= 11 is 0. The molecule has 1 atom stereocenters. The molecular formula is C29H57NO2. The highest BCUT2D eigenvalue weighted by molar-refractivity contribution is 5.69. The molecule has 0 amide bonds. The fraction of sp³-hybridized carbons (Fsp3) is 0.897. The Hall–Kier alpha value is -0.830. The van der Waals surface area contributed by atoms with E-state index in [4.69, 9.17) is 4.74 Å². The maximum atomic E-state index is 11.3. The predicted octanol–water partition coefficient (Wildman–Crippen LogP) is 8.86. The summed E-state index contributed by atoms with van der Waals surface area (Å²) in [6.07, 6.45) is 30.4. The summed E-state index contributed by atoms with van der Waals surface area (Å²) in [6, 6.07) is 0.788. The Morgan fingerprint density at radius 1 is 0.688 bits per heavy atom. The molecule has 0 bridgehead atoms. The van der Waals surface area contributed by atoms with Crippen LogP contribution in [0.3, 0.4) is 0 Å². The van der Waals surface area contributed by atoms with Gasteiger partial charge in [0.15, 0.2) is 0 Å². The van der Waals surface area contributed by atoms with E-state index in [1.165, 1.54) is 103 Å². The third-order valence-corrected chi connectivity index (χ3v) is 6.50. The smallest absolute Gasteiger partial charge is 0.305 e. The average Bonchev–Trinajstić information content (AvgIpc) is 2.77. The predicted molar refractivity (Wildman–Crippen MR) is 141 cm³/mol. The van der Waals surface area contributed by atoms with E-state index >= 15 is 0 Å².